The van der Waals surface area contributed by atoms with Crippen LogP contribution < -0.4 is 0 Å². The number of hydrogen-bond donors (Lipinski definition) is 0. The summed E-state index contributed by atoms with van der Waals surface area (Å²) >= 11 is 4.88. The van der Waals surface area contributed by atoms with Gasteiger partial charge in [0, 0.05) is 58.8 Å². The minimum absolute atomic E-state index is 0.0175. The zero-order chi connectivity index (χ0) is 21.2. The molecule has 1 aliphatic heterocycles. The second kappa shape index (κ2) is 9.07. The molecule has 0 saturated carbocycles. The number of halogens is 1. The van der Waals surface area contributed by atoms with Crippen molar-refractivity contribution in [2.45, 2.75) is 31.6 Å². The molecule has 1 fully saturated rings. The van der Waals surface area contributed by atoms with Crippen LogP contribution in [0.2, 0.25) is 0 Å². The van der Waals surface area contributed by atoms with Crippen molar-refractivity contribution >= 4 is 49.0 Å². The zero-order valence-electron chi connectivity index (χ0n) is 16.4. The monoisotopic (exact) mass is 498 g/mol. The molecule has 29 heavy (non-hydrogen) atoms. The Labute approximate surface area is 183 Å². The normalized spacial score (nSPS) is 15.5. The Bertz CT molecular complexity index is 1020. The third-order valence-electron chi connectivity index (χ3n) is 4.93. The maximum absolute atomic E-state index is 12.8. The molecule has 2 aromatic rings. The highest BCUT2D eigenvalue weighted by molar-refractivity contribution is 9.10. The second-order valence-electron chi connectivity index (χ2n) is 6.99. The molecule has 1 aromatic heterocycles. The van der Waals surface area contributed by atoms with Gasteiger partial charge in [-0.2, -0.15) is 4.31 Å². The maximum atomic E-state index is 12.8. The fourth-order valence-corrected chi connectivity index (χ4v) is 6.34. The molecular weight excluding hydrogens is 476 g/mol. The molecule has 1 saturated heterocycles. The number of Topliss-reactive ketones (excluding diaryl/α,β-unsaturated/α-hetero) is 1. The lowest BCUT2D eigenvalue weighted by molar-refractivity contribution is -0.132. The number of ketones is 1. The van der Waals surface area contributed by atoms with E-state index in [0.717, 1.165) is 9.75 Å². The van der Waals surface area contributed by atoms with Gasteiger partial charge in [-0.15, -0.1) is 11.3 Å². The quantitative estimate of drug-likeness (QED) is 0.569. The molecule has 9 heteroatoms. The van der Waals surface area contributed by atoms with Gasteiger partial charge in [0.15, 0.2) is 5.78 Å². The van der Waals surface area contributed by atoms with Crippen LogP contribution in [0.3, 0.4) is 0 Å². The van der Waals surface area contributed by atoms with E-state index in [0.29, 0.717) is 23.1 Å². The smallest absolute Gasteiger partial charge is 0.243 e. The molecule has 2 heterocycles. The van der Waals surface area contributed by atoms with E-state index < -0.39 is 10.0 Å². The lowest BCUT2D eigenvalue weighted by Gasteiger charge is -2.34. The van der Waals surface area contributed by atoms with Crippen LogP contribution in [0.25, 0.3) is 0 Å². The molecule has 0 spiro atoms. The van der Waals surface area contributed by atoms with Gasteiger partial charge in [0.2, 0.25) is 15.9 Å². The number of thiophene rings is 1. The van der Waals surface area contributed by atoms with Crippen LogP contribution in [0.5, 0.6) is 0 Å². The molecule has 3 rings (SSSR count). The number of nitrogens with zero attached hydrogens (tertiary/aromatic N) is 2. The van der Waals surface area contributed by atoms with Crippen molar-refractivity contribution in [1.82, 2.24) is 9.21 Å². The number of benzene rings is 1. The van der Waals surface area contributed by atoms with E-state index >= 15 is 0 Å². The van der Waals surface area contributed by atoms with E-state index in [1.54, 1.807) is 40.5 Å². The standard InChI is InChI=1S/C20H23BrN2O4S2/c1-14-12-18(15(2)28-14)19(24)6-7-20(25)22-8-10-23(11-9-22)29(26,27)17-5-3-4-16(21)13-17/h3-5,12-13H,6-11H2,1-2H3. The largest absolute Gasteiger partial charge is 0.340 e. The van der Waals surface area contributed by atoms with Gasteiger partial charge >= 0.3 is 0 Å². The lowest BCUT2D eigenvalue weighted by atomic mass is 10.1. The summed E-state index contributed by atoms with van der Waals surface area (Å²) < 4.78 is 27.7. The molecular formula is C20H23BrN2O4S2. The fourth-order valence-electron chi connectivity index (χ4n) is 3.38. The average molecular weight is 499 g/mol. The van der Waals surface area contributed by atoms with Gasteiger partial charge in [0.1, 0.15) is 0 Å². The predicted octanol–water partition coefficient (Wildman–Crippen LogP) is 3.62. The minimum atomic E-state index is -3.59. The van der Waals surface area contributed by atoms with Gasteiger partial charge in [-0.3, -0.25) is 9.59 Å². The van der Waals surface area contributed by atoms with Crippen LogP contribution in [-0.4, -0.2) is 55.5 Å². The van der Waals surface area contributed by atoms with Crippen molar-refractivity contribution in [2.75, 3.05) is 26.2 Å². The zero-order valence-corrected chi connectivity index (χ0v) is 19.6. The molecule has 1 aromatic carbocycles. The van der Waals surface area contributed by atoms with E-state index in [4.69, 9.17) is 0 Å². The van der Waals surface area contributed by atoms with Crippen molar-refractivity contribution in [3.05, 3.63) is 50.1 Å². The lowest BCUT2D eigenvalue weighted by Crippen LogP contribution is -2.50. The van der Waals surface area contributed by atoms with Crippen LogP contribution >= 0.6 is 27.3 Å². The summed E-state index contributed by atoms with van der Waals surface area (Å²) in [4.78, 5) is 28.8. The first-order valence-electron chi connectivity index (χ1n) is 9.32. The highest BCUT2D eigenvalue weighted by Gasteiger charge is 2.30. The number of carbonyl (C=O) groups excluding carboxylic acids is 2. The highest BCUT2D eigenvalue weighted by Crippen LogP contribution is 2.23. The molecule has 0 atom stereocenters. The van der Waals surface area contributed by atoms with Gasteiger partial charge in [-0.05, 0) is 38.1 Å². The highest BCUT2D eigenvalue weighted by atomic mass is 79.9. The number of carbonyl (C=O) groups is 2. The number of aryl methyl sites for hydroxylation is 2. The van der Waals surface area contributed by atoms with Crippen LogP contribution in [-0.2, 0) is 14.8 Å². The Kier molecular flexibility index (Phi) is 6.93. The SMILES string of the molecule is Cc1cc(C(=O)CCC(=O)N2CCN(S(=O)(=O)c3cccc(Br)c3)CC2)c(C)s1. The molecule has 1 amide bonds. The van der Waals surface area contributed by atoms with Crippen molar-refractivity contribution in [3.8, 4) is 0 Å². The van der Waals surface area contributed by atoms with Crippen LogP contribution in [0.4, 0.5) is 0 Å². The Morgan fingerprint density at radius 2 is 1.76 bits per heavy atom. The molecule has 0 N–H and O–H groups in total. The van der Waals surface area contributed by atoms with Crippen molar-refractivity contribution in [3.63, 3.8) is 0 Å². The third-order valence-corrected chi connectivity index (χ3v) is 8.29. The molecule has 1 aliphatic rings. The van der Waals surface area contributed by atoms with Crippen molar-refractivity contribution in [1.29, 1.82) is 0 Å². The number of amides is 1. The summed E-state index contributed by atoms with van der Waals surface area (Å²) in [6.07, 6.45) is 0.317. The van der Waals surface area contributed by atoms with Crippen molar-refractivity contribution < 1.29 is 18.0 Å². The number of sulfonamides is 1. The molecule has 156 valence electrons. The third kappa shape index (κ3) is 5.14. The Morgan fingerprint density at radius 1 is 1.07 bits per heavy atom. The summed E-state index contributed by atoms with van der Waals surface area (Å²) in [6, 6.07) is 8.47. The number of hydrogen-bond acceptors (Lipinski definition) is 5. The molecule has 6 nitrogen and oxygen atoms in total. The summed E-state index contributed by atoms with van der Waals surface area (Å²) in [6.45, 7) is 5.03. The second-order valence-corrected chi connectivity index (χ2v) is 11.3. The van der Waals surface area contributed by atoms with E-state index in [9.17, 15) is 18.0 Å². The summed E-state index contributed by atoms with van der Waals surface area (Å²) in [5, 5.41) is 0. The van der Waals surface area contributed by atoms with Crippen LogP contribution in [0.15, 0.2) is 39.7 Å². The van der Waals surface area contributed by atoms with E-state index in [2.05, 4.69) is 15.9 Å². The first-order chi connectivity index (χ1) is 13.7. The Balaban J connectivity index is 1.54. The van der Waals surface area contributed by atoms with Crippen LogP contribution in [0.1, 0.15) is 33.0 Å². The van der Waals surface area contributed by atoms with E-state index in [-0.39, 0.29) is 42.5 Å². The minimum Gasteiger partial charge on any atom is -0.340 e. The molecule has 0 bridgehead atoms. The molecule has 0 aliphatic carbocycles. The van der Waals surface area contributed by atoms with E-state index in [1.807, 2.05) is 19.9 Å². The number of rotatable bonds is 6. The van der Waals surface area contributed by atoms with Gasteiger partial charge < -0.3 is 4.90 Å². The van der Waals surface area contributed by atoms with Gasteiger partial charge in [-0.1, -0.05) is 22.0 Å². The maximum Gasteiger partial charge on any atom is 0.243 e. The van der Waals surface area contributed by atoms with Crippen molar-refractivity contribution in [2.24, 2.45) is 0 Å². The van der Waals surface area contributed by atoms with E-state index in [1.165, 1.54) is 4.31 Å². The van der Waals surface area contributed by atoms with Gasteiger partial charge in [-0.25, -0.2) is 8.42 Å². The Hall–Kier alpha value is -1.55. The predicted molar refractivity (Wildman–Crippen MR) is 117 cm³/mol. The Morgan fingerprint density at radius 3 is 2.34 bits per heavy atom. The molecule has 0 unspecified atom stereocenters. The first-order valence-corrected chi connectivity index (χ1v) is 12.4. The topological polar surface area (TPSA) is 74.8 Å². The average Bonchev–Trinajstić information content (AvgIpc) is 3.04. The first kappa shape index (κ1) is 22.1. The van der Waals surface area contributed by atoms with Crippen LogP contribution in [0, 0.1) is 13.8 Å². The summed E-state index contributed by atoms with van der Waals surface area (Å²) in [5.74, 6) is -0.126. The molecule has 0 radical (unpaired) electrons. The van der Waals surface area contributed by atoms with Gasteiger partial charge in [0.25, 0.3) is 0 Å². The van der Waals surface area contributed by atoms with Gasteiger partial charge in [0.05, 0.1) is 4.90 Å². The number of piperazine rings is 1. The fraction of sp³-hybridized carbons (Fsp3) is 0.400. The summed E-state index contributed by atoms with van der Waals surface area (Å²) in [5.41, 5.74) is 0.699. The summed E-state index contributed by atoms with van der Waals surface area (Å²) in [7, 11) is -3.59.